The third-order valence-corrected chi connectivity index (χ3v) is 2.67. The van der Waals surface area contributed by atoms with Crippen LogP contribution in [0.4, 0.5) is 0 Å². The summed E-state index contributed by atoms with van der Waals surface area (Å²) < 4.78 is 0. The van der Waals surface area contributed by atoms with Gasteiger partial charge < -0.3 is 16.0 Å². The molecule has 0 aliphatic carbocycles. The smallest absolute Gasteiger partial charge is 0.0499 e. The van der Waals surface area contributed by atoms with E-state index in [1.165, 1.54) is 16.5 Å². The number of para-hydroxylation sites is 1. The van der Waals surface area contributed by atoms with E-state index >= 15 is 0 Å². The van der Waals surface area contributed by atoms with Gasteiger partial charge in [-0.25, -0.2) is 0 Å². The van der Waals surface area contributed by atoms with E-state index in [1.54, 1.807) is 0 Å². The fourth-order valence-corrected chi connectivity index (χ4v) is 1.66. The summed E-state index contributed by atoms with van der Waals surface area (Å²) in [6, 6.07) is 8.78. The minimum absolute atomic E-state index is 0.357. The average Bonchev–Trinajstić information content (AvgIpc) is 2.74. The molecule has 0 spiro atoms. The Labute approximate surface area is 89.7 Å². The summed E-state index contributed by atoms with van der Waals surface area (Å²) in [4.78, 5) is 3.26. The summed E-state index contributed by atoms with van der Waals surface area (Å²) in [5, 5.41) is 4.64. The van der Waals surface area contributed by atoms with Gasteiger partial charge in [0.25, 0.3) is 0 Å². The Balaban J connectivity index is 2.17. The van der Waals surface area contributed by atoms with Crippen molar-refractivity contribution in [3.05, 3.63) is 36.0 Å². The predicted molar refractivity (Wildman–Crippen MR) is 63.7 cm³/mol. The molecule has 15 heavy (non-hydrogen) atoms. The first-order valence-electron chi connectivity index (χ1n) is 5.29. The number of hydrogen-bond donors (Lipinski definition) is 3. The van der Waals surface area contributed by atoms with Crippen LogP contribution in [0.3, 0.4) is 0 Å². The van der Waals surface area contributed by atoms with Crippen molar-refractivity contribution in [2.24, 2.45) is 5.73 Å². The number of H-pyrrole nitrogens is 1. The van der Waals surface area contributed by atoms with Gasteiger partial charge in [0.05, 0.1) is 0 Å². The number of nitrogens with two attached hydrogens (primary N) is 1. The topological polar surface area (TPSA) is 53.8 Å². The molecule has 2 rings (SSSR count). The Hall–Kier alpha value is -1.32. The van der Waals surface area contributed by atoms with Crippen molar-refractivity contribution in [3.63, 3.8) is 0 Å². The van der Waals surface area contributed by atoms with Gasteiger partial charge in [0, 0.05) is 30.8 Å². The molecule has 3 heteroatoms. The van der Waals surface area contributed by atoms with Crippen LogP contribution in [0.5, 0.6) is 0 Å². The standard InChI is InChI=1S/C12H17N3/c1-9(7-13)15-8-11-4-2-3-10-5-6-14-12(10)11/h2-6,9,14-15H,7-8,13H2,1H3/t9-/m0/s1. The second kappa shape index (κ2) is 4.47. The van der Waals surface area contributed by atoms with Crippen molar-refractivity contribution in [3.8, 4) is 0 Å². The van der Waals surface area contributed by atoms with Gasteiger partial charge in [-0.1, -0.05) is 18.2 Å². The van der Waals surface area contributed by atoms with E-state index < -0.39 is 0 Å². The maximum atomic E-state index is 5.56. The van der Waals surface area contributed by atoms with Crippen molar-refractivity contribution in [1.29, 1.82) is 0 Å². The molecule has 0 amide bonds. The highest BCUT2D eigenvalue weighted by Gasteiger charge is 2.03. The zero-order valence-corrected chi connectivity index (χ0v) is 8.96. The highest BCUT2D eigenvalue weighted by molar-refractivity contribution is 5.82. The van der Waals surface area contributed by atoms with Gasteiger partial charge in [-0.3, -0.25) is 0 Å². The van der Waals surface area contributed by atoms with Gasteiger partial charge >= 0.3 is 0 Å². The van der Waals surface area contributed by atoms with E-state index in [-0.39, 0.29) is 0 Å². The number of benzene rings is 1. The number of aromatic nitrogens is 1. The molecule has 0 saturated heterocycles. The Morgan fingerprint density at radius 2 is 2.27 bits per heavy atom. The number of fused-ring (bicyclic) bond motifs is 1. The van der Waals surface area contributed by atoms with Gasteiger partial charge in [0.2, 0.25) is 0 Å². The van der Waals surface area contributed by atoms with Crippen molar-refractivity contribution in [1.82, 2.24) is 10.3 Å². The highest BCUT2D eigenvalue weighted by Crippen LogP contribution is 2.16. The first-order valence-corrected chi connectivity index (χ1v) is 5.29. The van der Waals surface area contributed by atoms with Gasteiger partial charge in [0.15, 0.2) is 0 Å². The molecular weight excluding hydrogens is 186 g/mol. The summed E-state index contributed by atoms with van der Waals surface area (Å²) in [6.45, 7) is 3.62. The monoisotopic (exact) mass is 203 g/mol. The van der Waals surface area contributed by atoms with Crippen molar-refractivity contribution >= 4 is 10.9 Å². The summed E-state index contributed by atoms with van der Waals surface area (Å²) in [5.41, 5.74) is 8.07. The Morgan fingerprint density at radius 3 is 3.07 bits per heavy atom. The quantitative estimate of drug-likeness (QED) is 0.707. The van der Waals surface area contributed by atoms with Crippen LogP contribution in [-0.4, -0.2) is 17.6 Å². The van der Waals surface area contributed by atoms with E-state index in [9.17, 15) is 0 Å². The molecule has 0 aliphatic heterocycles. The van der Waals surface area contributed by atoms with Crippen LogP contribution in [0, 0.1) is 0 Å². The summed E-state index contributed by atoms with van der Waals surface area (Å²) in [5.74, 6) is 0. The SMILES string of the molecule is C[C@@H](CN)NCc1cccc2cc[nH]c12. The first kappa shape index (κ1) is 10.2. The van der Waals surface area contributed by atoms with E-state index in [0.29, 0.717) is 12.6 Å². The fourth-order valence-electron chi connectivity index (χ4n) is 1.66. The lowest BCUT2D eigenvalue weighted by atomic mass is 10.1. The Kier molecular flexibility index (Phi) is 3.04. The van der Waals surface area contributed by atoms with Crippen LogP contribution < -0.4 is 11.1 Å². The van der Waals surface area contributed by atoms with E-state index in [2.05, 4.69) is 41.5 Å². The normalized spacial score (nSPS) is 13.2. The molecule has 1 heterocycles. The molecule has 0 saturated carbocycles. The Bertz CT molecular complexity index is 433. The zero-order chi connectivity index (χ0) is 10.7. The number of hydrogen-bond acceptors (Lipinski definition) is 2. The number of nitrogens with one attached hydrogen (secondary N) is 2. The molecule has 0 radical (unpaired) electrons. The second-order valence-corrected chi connectivity index (χ2v) is 3.88. The fraction of sp³-hybridized carbons (Fsp3) is 0.333. The molecule has 2 aromatic rings. The molecule has 0 unspecified atom stereocenters. The van der Waals surface area contributed by atoms with E-state index in [0.717, 1.165) is 6.54 Å². The van der Waals surface area contributed by atoms with Crippen molar-refractivity contribution in [2.75, 3.05) is 6.54 Å². The van der Waals surface area contributed by atoms with E-state index in [4.69, 9.17) is 5.73 Å². The van der Waals surface area contributed by atoms with Gasteiger partial charge in [-0.2, -0.15) is 0 Å². The lowest BCUT2D eigenvalue weighted by Crippen LogP contribution is -2.32. The van der Waals surface area contributed by atoms with Crippen molar-refractivity contribution in [2.45, 2.75) is 19.5 Å². The maximum absolute atomic E-state index is 5.56. The maximum Gasteiger partial charge on any atom is 0.0499 e. The van der Waals surface area contributed by atoms with Gasteiger partial charge in [-0.05, 0) is 23.9 Å². The minimum atomic E-state index is 0.357. The molecule has 1 atom stereocenters. The predicted octanol–water partition coefficient (Wildman–Crippen LogP) is 1.60. The molecule has 0 aliphatic rings. The van der Waals surface area contributed by atoms with Gasteiger partial charge in [-0.15, -0.1) is 0 Å². The van der Waals surface area contributed by atoms with Crippen molar-refractivity contribution < 1.29 is 0 Å². The Morgan fingerprint density at radius 1 is 1.40 bits per heavy atom. The second-order valence-electron chi connectivity index (χ2n) is 3.88. The zero-order valence-electron chi connectivity index (χ0n) is 8.96. The minimum Gasteiger partial charge on any atom is -0.361 e. The lowest BCUT2D eigenvalue weighted by Gasteiger charge is -2.11. The lowest BCUT2D eigenvalue weighted by molar-refractivity contribution is 0.557. The molecule has 80 valence electrons. The molecule has 3 nitrogen and oxygen atoms in total. The molecule has 0 fully saturated rings. The summed E-state index contributed by atoms with van der Waals surface area (Å²) in [7, 11) is 0. The number of aromatic amines is 1. The van der Waals surface area contributed by atoms with E-state index in [1.807, 2.05) is 6.20 Å². The highest BCUT2D eigenvalue weighted by atomic mass is 14.9. The van der Waals surface area contributed by atoms with Crippen LogP contribution in [0.25, 0.3) is 10.9 Å². The van der Waals surface area contributed by atoms with Crippen LogP contribution in [0.1, 0.15) is 12.5 Å². The number of rotatable bonds is 4. The molecular formula is C12H17N3. The molecule has 4 N–H and O–H groups in total. The summed E-state index contributed by atoms with van der Waals surface area (Å²) in [6.07, 6.45) is 1.97. The summed E-state index contributed by atoms with van der Waals surface area (Å²) >= 11 is 0. The van der Waals surface area contributed by atoms with Crippen LogP contribution in [-0.2, 0) is 6.54 Å². The average molecular weight is 203 g/mol. The van der Waals surface area contributed by atoms with Gasteiger partial charge in [0.1, 0.15) is 0 Å². The van der Waals surface area contributed by atoms with Crippen LogP contribution in [0.2, 0.25) is 0 Å². The van der Waals surface area contributed by atoms with Crippen LogP contribution in [0.15, 0.2) is 30.5 Å². The molecule has 0 bridgehead atoms. The third-order valence-electron chi connectivity index (χ3n) is 2.67. The molecule has 1 aromatic carbocycles. The first-order chi connectivity index (χ1) is 7.31. The molecule has 1 aromatic heterocycles. The third kappa shape index (κ3) is 2.19. The largest absolute Gasteiger partial charge is 0.361 e. The van der Waals surface area contributed by atoms with Crippen LogP contribution >= 0.6 is 0 Å².